The molecule has 1 N–H and O–H groups in total. The molecule has 0 aromatic heterocycles. The molecule has 142 valence electrons. The smallest absolute Gasteiger partial charge is 0.303 e. The predicted octanol–water partition coefficient (Wildman–Crippen LogP) is 5.71. The van der Waals surface area contributed by atoms with Gasteiger partial charge in [0.2, 0.25) is 0 Å². The van der Waals surface area contributed by atoms with E-state index in [2.05, 4.69) is 6.08 Å². The highest BCUT2D eigenvalue weighted by atomic mass is 16.5. The Balaban J connectivity index is 3.36. The SMILES string of the molecule is COC(C)=CCC(CCCCCCCCCCCCC(=O)O)OC. The summed E-state index contributed by atoms with van der Waals surface area (Å²) in [4.78, 5) is 10.4. The van der Waals surface area contributed by atoms with Gasteiger partial charge in [-0.05, 0) is 32.3 Å². The molecule has 0 heterocycles. The Morgan fingerprint density at radius 2 is 1.42 bits per heavy atom. The minimum atomic E-state index is -0.671. The van der Waals surface area contributed by atoms with Crippen LogP contribution in [0.25, 0.3) is 0 Å². The van der Waals surface area contributed by atoms with E-state index in [-0.39, 0.29) is 0 Å². The van der Waals surface area contributed by atoms with Gasteiger partial charge in [0.25, 0.3) is 0 Å². The molecule has 4 heteroatoms. The zero-order valence-electron chi connectivity index (χ0n) is 16.0. The lowest BCUT2D eigenvalue weighted by molar-refractivity contribution is -0.137. The van der Waals surface area contributed by atoms with E-state index in [1.54, 1.807) is 14.2 Å². The minimum absolute atomic E-state index is 0.306. The number of hydrogen-bond donors (Lipinski definition) is 1. The quantitative estimate of drug-likeness (QED) is 0.272. The van der Waals surface area contributed by atoms with E-state index in [0.717, 1.165) is 31.4 Å². The van der Waals surface area contributed by atoms with E-state index in [0.29, 0.717) is 12.5 Å². The van der Waals surface area contributed by atoms with E-state index < -0.39 is 5.97 Å². The van der Waals surface area contributed by atoms with Crippen molar-refractivity contribution < 1.29 is 19.4 Å². The van der Waals surface area contributed by atoms with Crippen molar-refractivity contribution in [2.24, 2.45) is 0 Å². The molecule has 0 radical (unpaired) electrons. The van der Waals surface area contributed by atoms with Crippen LogP contribution in [0.3, 0.4) is 0 Å². The molecule has 24 heavy (non-hydrogen) atoms. The highest BCUT2D eigenvalue weighted by molar-refractivity contribution is 5.66. The van der Waals surface area contributed by atoms with Crippen molar-refractivity contribution in [1.29, 1.82) is 0 Å². The number of methoxy groups -OCH3 is 2. The molecular formula is C20H38O4. The zero-order valence-corrected chi connectivity index (χ0v) is 16.0. The third-order valence-electron chi connectivity index (χ3n) is 4.49. The van der Waals surface area contributed by atoms with Gasteiger partial charge in [-0.15, -0.1) is 0 Å². The number of carboxylic acids is 1. The van der Waals surface area contributed by atoms with Gasteiger partial charge in [-0.25, -0.2) is 0 Å². The van der Waals surface area contributed by atoms with Crippen LogP contribution < -0.4 is 0 Å². The van der Waals surface area contributed by atoms with Crippen LogP contribution in [0.4, 0.5) is 0 Å². The van der Waals surface area contributed by atoms with Crippen molar-refractivity contribution >= 4 is 5.97 Å². The van der Waals surface area contributed by atoms with Crippen LogP contribution in [-0.4, -0.2) is 31.4 Å². The van der Waals surface area contributed by atoms with Gasteiger partial charge in [-0.3, -0.25) is 4.79 Å². The summed E-state index contributed by atoms with van der Waals surface area (Å²) in [6, 6.07) is 0. The maximum absolute atomic E-state index is 10.4. The second-order valence-electron chi connectivity index (χ2n) is 6.58. The van der Waals surface area contributed by atoms with Gasteiger partial charge in [-0.2, -0.15) is 0 Å². The van der Waals surface area contributed by atoms with Crippen LogP contribution in [0.15, 0.2) is 11.8 Å². The molecular weight excluding hydrogens is 304 g/mol. The van der Waals surface area contributed by atoms with Crippen molar-refractivity contribution in [1.82, 2.24) is 0 Å². The zero-order chi connectivity index (χ0) is 18.0. The van der Waals surface area contributed by atoms with Crippen molar-refractivity contribution in [2.75, 3.05) is 14.2 Å². The molecule has 1 unspecified atom stereocenters. The fourth-order valence-electron chi connectivity index (χ4n) is 2.78. The van der Waals surface area contributed by atoms with E-state index in [1.165, 1.54) is 51.4 Å². The summed E-state index contributed by atoms with van der Waals surface area (Å²) < 4.78 is 10.7. The van der Waals surface area contributed by atoms with Gasteiger partial charge < -0.3 is 14.6 Å². The standard InChI is InChI=1S/C20H38O4/c1-18(23-2)16-17-19(24-3)14-12-10-8-6-4-5-7-9-11-13-15-20(21)22/h16,19H,4-15,17H2,1-3H3,(H,21,22). The summed E-state index contributed by atoms with van der Waals surface area (Å²) in [5.74, 6) is 0.288. The highest BCUT2D eigenvalue weighted by Crippen LogP contribution is 2.15. The molecule has 1 atom stereocenters. The predicted molar refractivity (Wildman–Crippen MR) is 99.2 cm³/mol. The number of hydrogen-bond acceptors (Lipinski definition) is 3. The molecule has 0 amide bonds. The lowest BCUT2D eigenvalue weighted by Gasteiger charge is -2.13. The average Bonchev–Trinajstić information content (AvgIpc) is 2.57. The number of rotatable bonds is 17. The van der Waals surface area contributed by atoms with Crippen molar-refractivity contribution in [3.8, 4) is 0 Å². The molecule has 0 saturated carbocycles. The molecule has 0 aliphatic rings. The summed E-state index contributed by atoms with van der Waals surface area (Å²) in [6.07, 6.45) is 16.8. The van der Waals surface area contributed by atoms with Gasteiger partial charge in [-0.1, -0.05) is 57.8 Å². The first-order valence-electron chi connectivity index (χ1n) is 9.55. The van der Waals surface area contributed by atoms with Crippen LogP contribution in [0.2, 0.25) is 0 Å². The van der Waals surface area contributed by atoms with E-state index >= 15 is 0 Å². The summed E-state index contributed by atoms with van der Waals surface area (Å²) in [5.41, 5.74) is 0. The second kappa shape index (κ2) is 16.8. The minimum Gasteiger partial charge on any atom is -0.502 e. The number of ether oxygens (including phenoxy) is 2. The topological polar surface area (TPSA) is 55.8 Å². The lowest BCUT2D eigenvalue weighted by atomic mass is 10.0. The number of carbonyl (C=O) groups is 1. The second-order valence-corrected chi connectivity index (χ2v) is 6.58. The van der Waals surface area contributed by atoms with Crippen LogP contribution in [0, 0.1) is 0 Å². The molecule has 0 rings (SSSR count). The monoisotopic (exact) mass is 342 g/mol. The Morgan fingerprint density at radius 3 is 1.88 bits per heavy atom. The molecule has 0 saturated heterocycles. The summed E-state index contributed by atoms with van der Waals surface area (Å²) in [7, 11) is 3.49. The Morgan fingerprint density at radius 1 is 0.917 bits per heavy atom. The van der Waals surface area contributed by atoms with Crippen LogP contribution in [0.5, 0.6) is 0 Å². The first-order chi connectivity index (χ1) is 11.6. The van der Waals surface area contributed by atoms with Crippen molar-refractivity contribution in [3.63, 3.8) is 0 Å². The molecule has 0 aliphatic carbocycles. The third-order valence-corrected chi connectivity index (χ3v) is 4.49. The highest BCUT2D eigenvalue weighted by Gasteiger charge is 2.05. The fraction of sp³-hybridized carbons (Fsp3) is 0.850. The van der Waals surface area contributed by atoms with Crippen LogP contribution in [0.1, 0.15) is 90.4 Å². The summed E-state index contributed by atoms with van der Waals surface area (Å²) in [6.45, 7) is 1.97. The number of carboxylic acid groups (broad SMARTS) is 1. The maximum atomic E-state index is 10.4. The fourth-order valence-corrected chi connectivity index (χ4v) is 2.78. The van der Waals surface area contributed by atoms with Gasteiger partial charge in [0.15, 0.2) is 0 Å². The normalized spacial score (nSPS) is 13.0. The Hall–Kier alpha value is -1.03. The Bertz CT molecular complexity index is 326. The number of unbranched alkanes of at least 4 members (excludes halogenated alkanes) is 9. The summed E-state index contributed by atoms with van der Waals surface area (Å²) in [5, 5.41) is 8.56. The van der Waals surface area contributed by atoms with E-state index in [9.17, 15) is 4.79 Å². The van der Waals surface area contributed by atoms with Gasteiger partial charge in [0, 0.05) is 13.5 Å². The van der Waals surface area contributed by atoms with Gasteiger partial charge in [0.05, 0.1) is 19.0 Å². The van der Waals surface area contributed by atoms with E-state index in [4.69, 9.17) is 14.6 Å². The molecule has 0 aromatic carbocycles. The summed E-state index contributed by atoms with van der Waals surface area (Å²) >= 11 is 0. The molecule has 0 fully saturated rings. The molecule has 0 spiro atoms. The maximum Gasteiger partial charge on any atom is 0.303 e. The van der Waals surface area contributed by atoms with Crippen molar-refractivity contribution in [3.05, 3.63) is 11.8 Å². The number of aliphatic carboxylic acids is 1. The van der Waals surface area contributed by atoms with Gasteiger partial charge in [0.1, 0.15) is 0 Å². The third kappa shape index (κ3) is 15.9. The molecule has 0 bridgehead atoms. The van der Waals surface area contributed by atoms with Crippen LogP contribution in [-0.2, 0) is 14.3 Å². The molecule has 0 aliphatic heterocycles. The number of allylic oxidation sites excluding steroid dienone is 1. The largest absolute Gasteiger partial charge is 0.502 e. The molecule has 4 nitrogen and oxygen atoms in total. The van der Waals surface area contributed by atoms with E-state index in [1.807, 2.05) is 6.92 Å². The van der Waals surface area contributed by atoms with Crippen LogP contribution >= 0.6 is 0 Å². The van der Waals surface area contributed by atoms with Crippen molar-refractivity contribution in [2.45, 2.75) is 96.5 Å². The lowest BCUT2D eigenvalue weighted by Crippen LogP contribution is -2.09. The van der Waals surface area contributed by atoms with Gasteiger partial charge >= 0.3 is 5.97 Å². The average molecular weight is 343 g/mol. The Labute approximate surface area is 148 Å². The first kappa shape index (κ1) is 23.0. The Kier molecular flexibility index (Phi) is 16.1. The molecule has 0 aromatic rings. The first-order valence-corrected chi connectivity index (χ1v) is 9.55.